The largest absolute Gasteiger partial charge is 0.497 e. The van der Waals surface area contributed by atoms with E-state index in [-0.39, 0.29) is 0 Å². The number of ether oxygens (including phenoxy) is 2. The Morgan fingerprint density at radius 2 is 1.29 bits per heavy atom. The number of benzene rings is 4. The van der Waals surface area contributed by atoms with Gasteiger partial charge in [-0.2, -0.15) is 5.10 Å². The zero-order valence-electron chi connectivity index (χ0n) is 22.5. The van der Waals surface area contributed by atoms with E-state index in [1.54, 1.807) is 31.4 Å². The van der Waals surface area contributed by atoms with E-state index in [0.29, 0.717) is 12.2 Å². The highest BCUT2D eigenvalue weighted by atomic mass is 16.5. The molecule has 2 heterocycles. The molecule has 10 heteroatoms. The molecule has 1 N–H and O–H groups in total. The van der Waals surface area contributed by atoms with Crippen LogP contribution in [0.2, 0.25) is 0 Å². The first kappa shape index (κ1) is 27.1. The van der Waals surface area contributed by atoms with E-state index in [1.165, 1.54) is 4.80 Å². The molecule has 0 bridgehead atoms. The Balaban J connectivity index is 0.000000166. The number of carboxylic acids is 1. The van der Waals surface area contributed by atoms with Gasteiger partial charge >= 0.3 is 5.97 Å². The van der Waals surface area contributed by atoms with Gasteiger partial charge in [0.1, 0.15) is 11.5 Å². The smallest absolute Gasteiger partial charge is 0.328 e. The van der Waals surface area contributed by atoms with Crippen molar-refractivity contribution in [3.05, 3.63) is 115 Å². The fraction of sp³-hybridized carbons (Fsp3) is 0.129. The van der Waals surface area contributed by atoms with Crippen LogP contribution in [-0.2, 0) is 4.79 Å². The van der Waals surface area contributed by atoms with E-state index in [0.717, 1.165) is 39.7 Å². The summed E-state index contributed by atoms with van der Waals surface area (Å²) in [6, 6.07) is 33.4. The van der Waals surface area contributed by atoms with Crippen molar-refractivity contribution in [2.45, 2.75) is 12.5 Å². The van der Waals surface area contributed by atoms with Gasteiger partial charge in [0.25, 0.3) is 0 Å². The topological polar surface area (TPSA) is 115 Å². The Labute approximate surface area is 237 Å². The molecule has 0 fully saturated rings. The second-order valence-corrected chi connectivity index (χ2v) is 8.98. The zero-order valence-corrected chi connectivity index (χ0v) is 22.5. The molecule has 0 radical (unpaired) electrons. The normalized spacial score (nSPS) is 14.0. The number of carbonyl (C=O) groups is 1. The van der Waals surface area contributed by atoms with Crippen LogP contribution >= 0.6 is 0 Å². The van der Waals surface area contributed by atoms with Gasteiger partial charge in [-0.3, -0.25) is 5.01 Å². The molecule has 0 aliphatic carbocycles. The number of aromatic nitrogens is 4. The van der Waals surface area contributed by atoms with Crippen LogP contribution in [0.15, 0.2) is 114 Å². The lowest BCUT2D eigenvalue weighted by Gasteiger charge is -2.20. The third-order valence-electron chi connectivity index (χ3n) is 6.39. The minimum atomic E-state index is -0.884. The number of nitrogens with zero attached hydrogens (tertiary/aromatic N) is 6. The van der Waals surface area contributed by atoms with Gasteiger partial charge in [0.15, 0.2) is 6.04 Å². The van der Waals surface area contributed by atoms with E-state index < -0.39 is 12.0 Å². The number of aliphatic carboxylic acids is 1. The Kier molecular flexibility index (Phi) is 8.30. The summed E-state index contributed by atoms with van der Waals surface area (Å²) in [7, 11) is 3.23. The van der Waals surface area contributed by atoms with Crippen LogP contribution in [0.5, 0.6) is 11.5 Å². The van der Waals surface area contributed by atoms with E-state index in [4.69, 9.17) is 9.47 Å². The quantitative estimate of drug-likeness (QED) is 0.299. The maximum absolute atomic E-state index is 11.5. The summed E-state index contributed by atoms with van der Waals surface area (Å²) < 4.78 is 10.2. The molecule has 10 nitrogen and oxygen atoms in total. The molecule has 0 saturated carbocycles. The van der Waals surface area contributed by atoms with Crippen LogP contribution in [0.4, 0.5) is 5.69 Å². The molecular weight excluding hydrogens is 520 g/mol. The number of hydrogen-bond donors (Lipinski definition) is 1. The van der Waals surface area contributed by atoms with Gasteiger partial charge in [-0.15, -0.1) is 15.0 Å². The maximum atomic E-state index is 11.5. The van der Waals surface area contributed by atoms with Crippen molar-refractivity contribution in [2.24, 2.45) is 5.10 Å². The molecule has 1 aromatic heterocycles. The van der Waals surface area contributed by atoms with Crippen molar-refractivity contribution in [1.82, 2.24) is 20.2 Å². The van der Waals surface area contributed by atoms with E-state index in [9.17, 15) is 9.90 Å². The van der Waals surface area contributed by atoms with Gasteiger partial charge in [-0.1, -0.05) is 60.7 Å². The fourth-order valence-corrected chi connectivity index (χ4v) is 4.22. The molecule has 1 atom stereocenters. The molecular formula is C31H28N6O4. The van der Waals surface area contributed by atoms with Crippen LogP contribution in [0.3, 0.4) is 0 Å². The highest BCUT2D eigenvalue weighted by molar-refractivity contribution is 6.06. The van der Waals surface area contributed by atoms with E-state index >= 15 is 0 Å². The molecule has 0 spiro atoms. The third-order valence-corrected chi connectivity index (χ3v) is 6.39. The Morgan fingerprint density at radius 1 is 0.756 bits per heavy atom. The van der Waals surface area contributed by atoms with Gasteiger partial charge < -0.3 is 14.6 Å². The van der Waals surface area contributed by atoms with Crippen LogP contribution in [0.25, 0.3) is 17.1 Å². The highest BCUT2D eigenvalue weighted by Crippen LogP contribution is 2.28. The van der Waals surface area contributed by atoms with Gasteiger partial charge in [-0.25, -0.2) is 4.79 Å². The number of carboxylic acid groups (broad SMARTS) is 1. The lowest BCUT2D eigenvalue weighted by Crippen LogP contribution is -2.34. The molecule has 0 saturated heterocycles. The van der Waals surface area contributed by atoms with Gasteiger partial charge in [0, 0.05) is 12.0 Å². The minimum Gasteiger partial charge on any atom is -0.497 e. The number of anilines is 1. The predicted molar refractivity (Wildman–Crippen MR) is 156 cm³/mol. The molecule has 4 aromatic carbocycles. The lowest BCUT2D eigenvalue weighted by atomic mass is 10.0. The molecule has 0 amide bonds. The molecule has 5 aromatic rings. The zero-order chi connectivity index (χ0) is 28.6. The molecule has 6 rings (SSSR count). The van der Waals surface area contributed by atoms with Crippen LogP contribution in [0.1, 0.15) is 12.0 Å². The first-order valence-electron chi connectivity index (χ1n) is 12.8. The summed E-state index contributed by atoms with van der Waals surface area (Å²) in [4.78, 5) is 13.0. The Hall–Kier alpha value is -5.51. The first-order valence-corrected chi connectivity index (χ1v) is 12.8. The minimum absolute atomic E-state index is 0.380. The Bertz CT molecular complexity index is 1600. The summed E-state index contributed by atoms with van der Waals surface area (Å²) in [5, 5.41) is 28.0. The Morgan fingerprint density at radius 3 is 1.83 bits per heavy atom. The molecule has 206 valence electrons. The van der Waals surface area contributed by atoms with Crippen molar-refractivity contribution in [3.63, 3.8) is 0 Å². The SMILES string of the molecule is COc1ccc(-n2nnc(-c3ccccc3)n2)cc1.COc1ccc(N2N=C(c3ccccc3)CC2C(=O)O)cc1. The van der Waals surface area contributed by atoms with Crippen molar-refractivity contribution in [1.29, 1.82) is 0 Å². The van der Waals surface area contributed by atoms with E-state index in [1.807, 2.05) is 97.1 Å². The second kappa shape index (κ2) is 12.6. The van der Waals surface area contributed by atoms with Gasteiger partial charge in [-0.05, 0) is 59.3 Å². The van der Waals surface area contributed by atoms with Crippen LogP contribution < -0.4 is 14.5 Å². The van der Waals surface area contributed by atoms with Crippen molar-refractivity contribution >= 4 is 17.4 Å². The molecule has 1 unspecified atom stereocenters. The van der Waals surface area contributed by atoms with Crippen LogP contribution in [0, 0.1) is 0 Å². The number of methoxy groups -OCH3 is 2. The average Bonchev–Trinajstić information content (AvgIpc) is 3.71. The standard InChI is InChI=1S/C17H16N2O3.C14H12N4O/c1-22-14-9-7-13(8-10-14)19-16(17(20)21)11-15(18-19)12-5-3-2-4-6-12;1-19-13-9-7-12(8-10-13)18-16-14(15-17-18)11-5-3-2-4-6-11/h2-10,16H,11H2,1H3,(H,20,21);2-10H,1H3. The first-order chi connectivity index (χ1) is 20.1. The monoisotopic (exact) mass is 548 g/mol. The number of tetrazole rings is 1. The summed E-state index contributed by atoms with van der Waals surface area (Å²) in [6.07, 6.45) is 0.380. The summed E-state index contributed by atoms with van der Waals surface area (Å²) >= 11 is 0. The highest BCUT2D eigenvalue weighted by Gasteiger charge is 2.33. The lowest BCUT2D eigenvalue weighted by molar-refractivity contribution is -0.138. The molecule has 1 aliphatic rings. The summed E-state index contributed by atoms with van der Waals surface area (Å²) in [5.41, 5.74) is 4.26. The number of hydrogen-bond acceptors (Lipinski definition) is 8. The third kappa shape index (κ3) is 6.39. The number of hydrazone groups is 1. The van der Waals surface area contributed by atoms with Gasteiger partial charge in [0.05, 0.1) is 31.3 Å². The fourth-order valence-electron chi connectivity index (χ4n) is 4.22. The second-order valence-electron chi connectivity index (χ2n) is 8.98. The predicted octanol–water partition coefficient (Wildman–Crippen LogP) is 5.10. The molecule has 41 heavy (non-hydrogen) atoms. The maximum Gasteiger partial charge on any atom is 0.328 e. The summed E-state index contributed by atoms with van der Waals surface area (Å²) in [5.74, 6) is 1.25. The summed E-state index contributed by atoms with van der Waals surface area (Å²) in [6.45, 7) is 0. The van der Waals surface area contributed by atoms with E-state index in [2.05, 4.69) is 20.5 Å². The van der Waals surface area contributed by atoms with Gasteiger partial charge in [0.2, 0.25) is 5.82 Å². The number of rotatable bonds is 7. The molecule has 1 aliphatic heterocycles. The van der Waals surface area contributed by atoms with Crippen molar-refractivity contribution in [2.75, 3.05) is 19.2 Å². The van der Waals surface area contributed by atoms with Crippen LogP contribution in [-0.4, -0.2) is 57.3 Å². The van der Waals surface area contributed by atoms with Crippen molar-refractivity contribution in [3.8, 4) is 28.6 Å². The van der Waals surface area contributed by atoms with Crippen molar-refractivity contribution < 1.29 is 19.4 Å². The average molecular weight is 549 g/mol.